The lowest BCUT2D eigenvalue weighted by Gasteiger charge is -2.16. The van der Waals surface area contributed by atoms with E-state index in [9.17, 15) is 9.90 Å². The van der Waals surface area contributed by atoms with Gasteiger partial charge < -0.3 is 16.2 Å². The third kappa shape index (κ3) is 2.66. The predicted octanol–water partition coefficient (Wildman–Crippen LogP) is 0.941. The lowest BCUT2D eigenvalue weighted by atomic mass is 10.1. The second-order valence-electron chi connectivity index (χ2n) is 5.46. The first-order chi connectivity index (χ1) is 9.13. The van der Waals surface area contributed by atoms with E-state index >= 15 is 0 Å². The molecule has 3 rings (SSSR count). The first kappa shape index (κ1) is 12.3. The SMILES string of the molecule is Nc1ccc(O)cc1C(=O)NC1CCN(C2CC2)C1. The van der Waals surface area contributed by atoms with Crippen LogP contribution in [0.1, 0.15) is 29.6 Å². The number of aromatic hydroxyl groups is 1. The molecule has 2 fully saturated rings. The molecule has 2 aliphatic rings. The van der Waals surface area contributed by atoms with Crippen molar-refractivity contribution in [2.45, 2.75) is 31.3 Å². The Bertz CT molecular complexity index is 499. The number of carbonyl (C=O) groups excluding carboxylic acids is 1. The number of nitrogens with zero attached hydrogens (tertiary/aromatic N) is 1. The van der Waals surface area contributed by atoms with Crippen molar-refractivity contribution in [1.82, 2.24) is 10.2 Å². The minimum atomic E-state index is -0.198. The molecule has 5 heteroatoms. The van der Waals surface area contributed by atoms with E-state index in [2.05, 4.69) is 10.2 Å². The molecule has 1 heterocycles. The fourth-order valence-corrected chi connectivity index (χ4v) is 2.68. The number of nitrogens with two attached hydrogens (primary N) is 1. The largest absolute Gasteiger partial charge is 0.508 e. The number of phenolic OH excluding ortho intramolecular Hbond substituents is 1. The van der Waals surface area contributed by atoms with Crippen LogP contribution in [-0.4, -0.2) is 41.1 Å². The van der Waals surface area contributed by atoms with Crippen molar-refractivity contribution in [2.75, 3.05) is 18.8 Å². The van der Waals surface area contributed by atoms with Gasteiger partial charge in [0.15, 0.2) is 0 Å². The van der Waals surface area contributed by atoms with Crippen LogP contribution < -0.4 is 11.1 Å². The van der Waals surface area contributed by atoms with E-state index in [-0.39, 0.29) is 17.7 Å². The number of benzene rings is 1. The van der Waals surface area contributed by atoms with Crippen LogP contribution in [0.25, 0.3) is 0 Å². The highest BCUT2D eigenvalue weighted by molar-refractivity contribution is 5.99. The predicted molar refractivity (Wildman–Crippen MR) is 73.0 cm³/mol. The Labute approximate surface area is 112 Å². The van der Waals surface area contributed by atoms with Crippen LogP contribution in [0.5, 0.6) is 5.75 Å². The Morgan fingerprint density at radius 2 is 2.16 bits per heavy atom. The highest BCUT2D eigenvalue weighted by Crippen LogP contribution is 2.30. The third-order valence-corrected chi connectivity index (χ3v) is 3.90. The summed E-state index contributed by atoms with van der Waals surface area (Å²) in [6.07, 6.45) is 3.57. The lowest BCUT2D eigenvalue weighted by Crippen LogP contribution is -2.37. The van der Waals surface area contributed by atoms with Crippen molar-refractivity contribution >= 4 is 11.6 Å². The number of anilines is 1. The Hall–Kier alpha value is -1.75. The summed E-state index contributed by atoms with van der Waals surface area (Å²) in [6, 6.07) is 5.38. The van der Waals surface area contributed by atoms with Crippen molar-refractivity contribution < 1.29 is 9.90 Å². The minimum Gasteiger partial charge on any atom is -0.508 e. The van der Waals surface area contributed by atoms with Gasteiger partial charge in [-0.3, -0.25) is 9.69 Å². The Kier molecular flexibility index (Phi) is 3.06. The number of carbonyl (C=O) groups is 1. The number of likely N-dealkylation sites (tertiary alicyclic amines) is 1. The molecule has 102 valence electrons. The van der Waals surface area contributed by atoms with Crippen molar-refractivity contribution in [1.29, 1.82) is 0 Å². The normalized spacial score (nSPS) is 23.5. The lowest BCUT2D eigenvalue weighted by molar-refractivity contribution is 0.0938. The Morgan fingerprint density at radius 1 is 1.37 bits per heavy atom. The van der Waals surface area contributed by atoms with Crippen LogP contribution in [0.3, 0.4) is 0 Å². The summed E-state index contributed by atoms with van der Waals surface area (Å²) in [4.78, 5) is 14.6. The Morgan fingerprint density at radius 3 is 2.89 bits per heavy atom. The van der Waals surface area contributed by atoms with Crippen molar-refractivity contribution in [2.24, 2.45) is 0 Å². The van der Waals surface area contributed by atoms with Crippen molar-refractivity contribution in [3.8, 4) is 5.75 Å². The highest BCUT2D eigenvalue weighted by atomic mass is 16.3. The number of phenols is 1. The molecule has 0 aromatic heterocycles. The monoisotopic (exact) mass is 261 g/mol. The number of hydrogen-bond donors (Lipinski definition) is 3. The van der Waals surface area contributed by atoms with Crippen molar-refractivity contribution in [3.05, 3.63) is 23.8 Å². The summed E-state index contributed by atoms with van der Waals surface area (Å²) in [7, 11) is 0. The van der Waals surface area contributed by atoms with Crippen LogP contribution in [0.4, 0.5) is 5.69 Å². The molecule has 1 aliphatic heterocycles. The van der Waals surface area contributed by atoms with Gasteiger partial charge in [-0.1, -0.05) is 0 Å². The molecule has 1 aliphatic carbocycles. The highest BCUT2D eigenvalue weighted by Gasteiger charge is 2.34. The van der Waals surface area contributed by atoms with Crippen LogP contribution in [-0.2, 0) is 0 Å². The smallest absolute Gasteiger partial charge is 0.253 e. The summed E-state index contributed by atoms with van der Waals surface area (Å²) < 4.78 is 0. The molecule has 0 radical (unpaired) electrons. The molecule has 19 heavy (non-hydrogen) atoms. The van der Waals surface area contributed by atoms with Crippen LogP contribution in [0.2, 0.25) is 0 Å². The second-order valence-corrected chi connectivity index (χ2v) is 5.46. The molecule has 1 aromatic rings. The van der Waals surface area contributed by atoms with Gasteiger partial charge in [0.25, 0.3) is 5.91 Å². The maximum atomic E-state index is 12.1. The van der Waals surface area contributed by atoms with Gasteiger partial charge in [-0.15, -0.1) is 0 Å². The molecule has 1 atom stereocenters. The first-order valence-electron chi connectivity index (χ1n) is 6.77. The number of nitrogens with one attached hydrogen (secondary N) is 1. The zero-order valence-corrected chi connectivity index (χ0v) is 10.8. The molecule has 0 spiro atoms. The average molecular weight is 261 g/mol. The van der Waals surface area contributed by atoms with E-state index < -0.39 is 0 Å². The van der Waals surface area contributed by atoms with E-state index in [1.165, 1.54) is 25.0 Å². The van der Waals surface area contributed by atoms with Crippen LogP contribution in [0.15, 0.2) is 18.2 Å². The summed E-state index contributed by atoms with van der Waals surface area (Å²) >= 11 is 0. The summed E-state index contributed by atoms with van der Waals surface area (Å²) in [5.41, 5.74) is 6.52. The Balaban J connectivity index is 1.63. The molecule has 1 amide bonds. The number of amides is 1. The molecule has 0 bridgehead atoms. The molecule has 1 aromatic carbocycles. The van der Waals surface area contributed by atoms with Gasteiger partial charge >= 0.3 is 0 Å². The molecule has 4 N–H and O–H groups in total. The summed E-state index contributed by atoms with van der Waals surface area (Å²) in [5.74, 6) is -0.138. The van der Waals surface area contributed by atoms with E-state index in [0.717, 1.165) is 25.6 Å². The van der Waals surface area contributed by atoms with E-state index in [1.54, 1.807) is 6.07 Å². The molecule has 1 saturated heterocycles. The average Bonchev–Trinajstić information content (AvgIpc) is 3.13. The van der Waals surface area contributed by atoms with Crippen LogP contribution >= 0.6 is 0 Å². The van der Waals surface area contributed by atoms with Gasteiger partial charge in [-0.2, -0.15) is 0 Å². The minimum absolute atomic E-state index is 0.0605. The molecule has 1 saturated carbocycles. The van der Waals surface area contributed by atoms with Crippen LogP contribution in [0, 0.1) is 0 Å². The summed E-state index contributed by atoms with van der Waals surface area (Å²) in [5, 5.41) is 12.4. The second kappa shape index (κ2) is 4.74. The topological polar surface area (TPSA) is 78.6 Å². The number of hydrogen-bond acceptors (Lipinski definition) is 4. The number of nitrogen functional groups attached to an aromatic ring is 1. The maximum absolute atomic E-state index is 12.1. The van der Waals surface area contributed by atoms with Gasteiger partial charge in [0, 0.05) is 30.9 Å². The van der Waals surface area contributed by atoms with Gasteiger partial charge in [-0.05, 0) is 37.5 Å². The molecule has 5 nitrogen and oxygen atoms in total. The van der Waals surface area contributed by atoms with Gasteiger partial charge in [0.05, 0.1) is 5.56 Å². The first-order valence-corrected chi connectivity index (χ1v) is 6.77. The third-order valence-electron chi connectivity index (χ3n) is 3.90. The van der Waals surface area contributed by atoms with E-state index in [4.69, 9.17) is 5.73 Å². The standard InChI is InChI=1S/C14H19N3O2/c15-13-4-3-11(18)7-12(13)14(19)16-9-5-6-17(8-9)10-1-2-10/h3-4,7,9-10,18H,1-2,5-6,8,15H2,(H,16,19). The van der Waals surface area contributed by atoms with E-state index in [0.29, 0.717) is 11.3 Å². The van der Waals surface area contributed by atoms with Gasteiger partial charge in [0.2, 0.25) is 0 Å². The number of rotatable bonds is 3. The molecular formula is C14H19N3O2. The van der Waals surface area contributed by atoms with Gasteiger partial charge in [0.1, 0.15) is 5.75 Å². The molecular weight excluding hydrogens is 242 g/mol. The zero-order valence-electron chi connectivity index (χ0n) is 10.8. The fraction of sp³-hybridized carbons (Fsp3) is 0.500. The van der Waals surface area contributed by atoms with Crippen molar-refractivity contribution in [3.63, 3.8) is 0 Å². The zero-order chi connectivity index (χ0) is 13.4. The maximum Gasteiger partial charge on any atom is 0.253 e. The van der Waals surface area contributed by atoms with E-state index in [1.807, 2.05) is 0 Å². The summed E-state index contributed by atoms with van der Waals surface area (Å²) in [6.45, 7) is 1.99. The fourth-order valence-electron chi connectivity index (χ4n) is 2.68. The quantitative estimate of drug-likeness (QED) is 0.559. The molecule has 1 unspecified atom stereocenters. The van der Waals surface area contributed by atoms with Gasteiger partial charge in [-0.25, -0.2) is 0 Å².